The Morgan fingerprint density at radius 1 is 1.22 bits per heavy atom. The maximum Gasteiger partial charge on any atom is 0.252 e. The summed E-state index contributed by atoms with van der Waals surface area (Å²) in [6, 6.07) is 4.10. The van der Waals surface area contributed by atoms with E-state index in [1.54, 1.807) is 0 Å². The lowest BCUT2D eigenvalue weighted by molar-refractivity contribution is 0.0926. The number of amides is 1. The van der Waals surface area contributed by atoms with E-state index >= 15 is 0 Å². The molecule has 0 aromatic heterocycles. The summed E-state index contributed by atoms with van der Waals surface area (Å²) < 4.78 is 0. The predicted molar refractivity (Wildman–Crippen MR) is 75.8 cm³/mol. The molecule has 100 valence electrons. The third-order valence-corrected chi connectivity index (χ3v) is 3.28. The van der Waals surface area contributed by atoms with Crippen LogP contribution in [0.15, 0.2) is 12.1 Å². The summed E-state index contributed by atoms with van der Waals surface area (Å²) in [6.45, 7) is 10.6. The van der Waals surface area contributed by atoms with Gasteiger partial charge in [-0.15, -0.1) is 0 Å². The number of rotatable bonds is 4. The molecule has 1 aromatic rings. The van der Waals surface area contributed by atoms with Crippen molar-refractivity contribution in [2.45, 2.75) is 40.7 Å². The molecule has 0 fully saturated rings. The molecule has 3 nitrogen and oxygen atoms in total. The van der Waals surface area contributed by atoms with E-state index in [4.69, 9.17) is 5.73 Å². The van der Waals surface area contributed by atoms with Gasteiger partial charge in [0, 0.05) is 18.2 Å². The number of benzene rings is 1. The molecular weight excluding hydrogens is 224 g/mol. The minimum absolute atomic E-state index is 0.0193. The Morgan fingerprint density at radius 3 is 2.11 bits per heavy atom. The highest BCUT2D eigenvalue weighted by Crippen LogP contribution is 2.16. The van der Waals surface area contributed by atoms with Gasteiger partial charge in [-0.3, -0.25) is 4.79 Å². The average molecular weight is 248 g/mol. The molecule has 1 unspecified atom stereocenters. The summed E-state index contributed by atoms with van der Waals surface area (Å²) in [5, 5.41) is 3.02. The molecule has 0 aliphatic carbocycles. The monoisotopic (exact) mass is 248 g/mol. The number of carbonyl (C=O) groups is 1. The van der Waals surface area contributed by atoms with Crippen LogP contribution in [0.2, 0.25) is 0 Å². The molecule has 3 N–H and O–H groups in total. The molecule has 1 aromatic carbocycles. The van der Waals surface area contributed by atoms with Crippen LogP contribution in [0.1, 0.15) is 40.9 Å². The minimum atomic E-state index is -0.0193. The number of nitrogens with one attached hydrogen (secondary N) is 1. The van der Waals surface area contributed by atoms with Gasteiger partial charge in [-0.1, -0.05) is 31.5 Å². The Hall–Kier alpha value is -1.35. The Bertz CT molecular complexity index is 415. The second-order valence-corrected chi connectivity index (χ2v) is 5.33. The van der Waals surface area contributed by atoms with Gasteiger partial charge in [-0.05, 0) is 37.8 Å². The van der Waals surface area contributed by atoms with Gasteiger partial charge in [-0.25, -0.2) is 0 Å². The van der Waals surface area contributed by atoms with E-state index in [2.05, 4.69) is 19.2 Å². The Labute approximate surface area is 110 Å². The van der Waals surface area contributed by atoms with Crippen LogP contribution in [0, 0.1) is 26.7 Å². The topological polar surface area (TPSA) is 55.1 Å². The summed E-state index contributed by atoms with van der Waals surface area (Å²) in [4.78, 5) is 12.3. The zero-order valence-corrected chi connectivity index (χ0v) is 12.0. The minimum Gasteiger partial charge on any atom is -0.348 e. The number of aryl methyl sites for hydroxylation is 3. The Balaban J connectivity index is 2.98. The molecule has 0 spiro atoms. The fourth-order valence-corrected chi connectivity index (χ4v) is 2.28. The van der Waals surface area contributed by atoms with Crippen molar-refractivity contribution in [2.24, 2.45) is 11.7 Å². The van der Waals surface area contributed by atoms with Crippen molar-refractivity contribution in [2.75, 3.05) is 6.54 Å². The number of carbonyl (C=O) groups excluding carboxylic acids is 1. The highest BCUT2D eigenvalue weighted by atomic mass is 16.1. The molecule has 1 atom stereocenters. The summed E-state index contributed by atoms with van der Waals surface area (Å²) in [7, 11) is 0. The first-order chi connectivity index (χ1) is 8.36. The number of hydrogen-bond donors (Lipinski definition) is 2. The van der Waals surface area contributed by atoms with E-state index in [-0.39, 0.29) is 11.9 Å². The normalized spacial score (nSPS) is 12.6. The van der Waals surface area contributed by atoms with E-state index in [0.29, 0.717) is 12.5 Å². The molecule has 0 aliphatic heterocycles. The van der Waals surface area contributed by atoms with Crippen molar-refractivity contribution in [1.82, 2.24) is 5.32 Å². The summed E-state index contributed by atoms with van der Waals surface area (Å²) in [6.07, 6.45) is 0. The number of hydrogen-bond acceptors (Lipinski definition) is 2. The quantitative estimate of drug-likeness (QED) is 0.859. The van der Waals surface area contributed by atoms with E-state index in [1.807, 2.05) is 32.9 Å². The molecule has 0 saturated heterocycles. The summed E-state index contributed by atoms with van der Waals surface area (Å²) in [5.74, 6) is 0.319. The SMILES string of the molecule is Cc1cc(C)c(C(=O)NC(CN)C(C)C)c(C)c1. The maximum atomic E-state index is 12.3. The Morgan fingerprint density at radius 2 is 1.72 bits per heavy atom. The number of nitrogens with two attached hydrogens (primary N) is 1. The van der Waals surface area contributed by atoms with Crippen LogP contribution in [0.5, 0.6) is 0 Å². The standard InChI is InChI=1S/C15H24N2O/c1-9(2)13(8-16)17-15(18)14-11(4)6-10(3)7-12(14)5/h6-7,9,13H,8,16H2,1-5H3,(H,17,18). The molecule has 0 aliphatic rings. The van der Waals surface area contributed by atoms with Crippen LogP contribution in [0.4, 0.5) is 0 Å². The second-order valence-electron chi connectivity index (χ2n) is 5.33. The zero-order chi connectivity index (χ0) is 13.9. The van der Waals surface area contributed by atoms with Crippen LogP contribution >= 0.6 is 0 Å². The summed E-state index contributed by atoms with van der Waals surface area (Å²) >= 11 is 0. The van der Waals surface area contributed by atoms with Crippen LogP contribution in [0.25, 0.3) is 0 Å². The molecule has 0 saturated carbocycles. The first kappa shape index (κ1) is 14.7. The van der Waals surface area contributed by atoms with Crippen molar-refractivity contribution in [3.63, 3.8) is 0 Å². The van der Waals surface area contributed by atoms with Crippen molar-refractivity contribution in [1.29, 1.82) is 0 Å². The van der Waals surface area contributed by atoms with Crippen LogP contribution < -0.4 is 11.1 Å². The predicted octanol–water partition coefficient (Wildman–Crippen LogP) is 2.32. The highest BCUT2D eigenvalue weighted by molar-refractivity contribution is 5.97. The lowest BCUT2D eigenvalue weighted by Crippen LogP contribution is -2.44. The lowest BCUT2D eigenvalue weighted by atomic mass is 9.98. The fourth-order valence-electron chi connectivity index (χ4n) is 2.28. The van der Waals surface area contributed by atoms with E-state index in [0.717, 1.165) is 16.7 Å². The van der Waals surface area contributed by atoms with Gasteiger partial charge >= 0.3 is 0 Å². The van der Waals surface area contributed by atoms with Gasteiger partial charge in [0.15, 0.2) is 0 Å². The molecule has 0 radical (unpaired) electrons. The van der Waals surface area contributed by atoms with E-state index in [1.165, 1.54) is 5.56 Å². The van der Waals surface area contributed by atoms with Crippen molar-refractivity contribution < 1.29 is 4.79 Å². The third-order valence-electron chi connectivity index (χ3n) is 3.28. The van der Waals surface area contributed by atoms with E-state index < -0.39 is 0 Å². The second kappa shape index (κ2) is 6.01. The molecule has 3 heteroatoms. The largest absolute Gasteiger partial charge is 0.348 e. The Kier molecular flexibility index (Phi) is 4.91. The van der Waals surface area contributed by atoms with Gasteiger partial charge in [0.25, 0.3) is 5.91 Å². The van der Waals surface area contributed by atoms with Gasteiger partial charge in [0.1, 0.15) is 0 Å². The smallest absolute Gasteiger partial charge is 0.252 e. The molecule has 1 amide bonds. The van der Waals surface area contributed by atoms with Crippen molar-refractivity contribution >= 4 is 5.91 Å². The van der Waals surface area contributed by atoms with Crippen LogP contribution in [0.3, 0.4) is 0 Å². The highest BCUT2D eigenvalue weighted by Gasteiger charge is 2.18. The lowest BCUT2D eigenvalue weighted by Gasteiger charge is -2.22. The van der Waals surface area contributed by atoms with Gasteiger partial charge in [-0.2, -0.15) is 0 Å². The third kappa shape index (κ3) is 3.33. The molecular formula is C15H24N2O. The molecule has 0 heterocycles. The first-order valence-electron chi connectivity index (χ1n) is 6.45. The maximum absolute atomic E-state index is 12.3. The fraction of sp³-hybridized carbons (Fsp3) is 0.533. The average Bonchev–Trinajstić information content (AvgIpc) is 2.23. The van der Waals surface area contributed by atoms with Crippen molar-refractivity contribution in [3.05, 3.63) is 34.4 Å². The zero-order valence-electron chi connectivity index (χ0n) is 12.0. The first-order valence-corrected chi connectivity index (χ1v) is 6.45. The van der Waals surface area contributed by atoms with Gasteiger partial charge in [0.2, 0.25) is 0 Å². The molecule has 1 rings (SSSR count). The van der Waals surface area contributed by atoms with E-state index in [9.17, 15) is 4.79 Å². The molecule has 0 bridgehead atoms. The van der Waals surface area contributed by atoms with Crippen LogP contribution in [-0.4, -0.2) is 18.5 Å². The summed E-state index contributed by atoms with van der Waals surface area (Å²) in [5.41, 5.74) is 9.68. The van der Waals surface area contributed by atoms with Crippen LogP contribution in [-0.2, 0) is 0 Å². The van der Waals surface area contributed by atoms with Gasteiger partial charge < -0.3 is 11.1 Å². The van der Waals surface area contributed by atoms with Crippen molar-refractivity contribution in [3.8, 4) is 0 Å². The molecule has 18 heavy (non-hydrogen) atoms. The van der Waals surface area contributed by atoms with Gasteiger partial charge in [0.05, 0.1) is 0 Å².